The zero-order valence-corrected chi connectivity index (χ0v) is 16.6. The number of rotatable bonds is 6. The topological polar surface area (TPSA) is 59.3 Å². The maximum absolute atomic E-state index is 12.4. The maximum atomic E-state index is 12.4. The van der Waals surface area contributed by atoms with Crippen LogP contribution in [-0.4, -0.2) is 10.1 Å². The van der Waals surface area contributed by atoms with Crippen LogP contribution in [0.25, 0.3) is 0 Å². The summed E-state index contributed by atoms with van der Waals surface area (Å²) in [5.74, 6) is 0.685. The first-order valence-corrected chi connectivity index (χ1v) is 10.2. The Kier molecular flexibility index (Phi) is 6.06. The normalized spacial score (nSPS) is 11.9. The second-order valence-electron chi connectivity index (χ2n) is 5.88. The van der Waals surface area contributed by atoms with Crippen molar-refractivity contribution in [2.75, 3.05) is 0 Å². The van der Waals surface area contributed by atoms with Crippen LogP contribution < -0.4 is 5.32 Å². The lowest BCUT2D eigenvalue weighted by Crippen LogP contribution is -2.22. The quantitative estimate of drug-likeness (QED) is 0.620. The summed E-state index contributed by atoms with van der Waals surface area (Å²) in [4.78, 5) is 12.9. The number of furan rings is 1. The molecule has 1 heterocycles. The van der Waals surface area contributed by atoms with Crippen molar-refractivity contribution in [3.8, 4) is 0 Å². The average molecular weight is 432 g/mol. The molecule has 0 aliphatic heterocycles. The first-order valence-electron chi connectivity index (χ1n) is 8.07. The van der Waals surface area contributed by atoms with E-state index in [1.165, 1.54) is 5.56 Å². The third kappa shape index (κ3) is 4.93. The number of hydrogen-bond donors (Lipinski definition) is 1. The van der Waals surface area contributed by atoms with Crippen LogP contribution in [0.1, 0.15) is 27.4 Å². The minimum Gasteiger partial charge on any atom is -0.455 e. The molecule has 6 heteroatoms. The second-order valence-corrected chi connectivity index (χ2v) is 8.24. The van der Waals surface area contributed by atoms with Crippen molar-refractivity contribution in [3.63, 3.8) is 0 Å². The highest BCUT2D eigenvalue weighted by Gasteiger charge is 2.13. The fourth-order valence-corrected chi connectivity index (χ4v) is 3.64. The van der Waals surface area contributed by atoms with Crippen molar-refractivity contribution < 1.29 is 13.4 Å². The maximum Gasteiger partial charge on any atom is 0.287 e. The molecule has 0 spiro atoms. The molecule has 3 aromatic rings. The van der Waals surface area contributed by atoms with E-state index in [0.717, 1.165) is 14.9 Å². The molecule has 2 aromatic carbocycles. The summed E-state index contributed by atoms with van der Waals surface area (Å²) in [6, 6.07) is 18.6. The van der Waals surface area contributed by atoms with Crippen molar-refractivity contribution in [1.82, 2.24) is 5.32 Å². The van der Waals surface area contributed by atoms with E-state index in [9.17, 15) is 9.00 Å². The smallest absolute Gasteiger partial charge is 0.287 e. The molecule has 0 bridgehead atoms. The lowest BCUT2D eigenvalue weighted by molar-refractivity contribution is 0.0921. The van der Waals surface area contributed by atoms with Crippen LogP contribution in [0.2, 0.25) is 0 Å². The van der Waals surface area contributed by atoms with E-state index in [2.05, 4.69) is 21.2 Å². The summed E-state index contributed by atoms with van der Waals surface area (Å²) in [7, 11) is -1.22. The molecule has 0 saturated heterocycles. The van der Waals surface area contributed by atoms with Crippen molar-refractivity contribution in [1.29, 1.82) is 0 Å². The molecule has 0 radical (unpaired) electrons. The van der Waals surface area contributed by atoms with E-state index in [4.69, 9.17) is 4.42 Å². The Balaban J connectivity index is 1.58. The van der Waals surface area contributed by atoms with E-state index in [-0.39, 0.29) is 17.4 Å². The van der Waals surface area contributed by atoms with E-state index in [1.54, 1.807) is 24.3 Å². The standard InChI is InChI=1S/C20H18BrNO3S/c1-14-2-4-15(5-3-14)12-22-20(23)19-11-8-17(25-19)13-26(24)18-9-6-16(21)7-10-18/h2-11H,12-13H2,1H3,(H,22,23)/t26-/m1/s1. The Morgan fingerprint density at radius 2 is 1.73 bits per heavy atom. The van der Waals surface area contributed by atoms with Gasteiger partial charge in [-0.25, -0.2) is 0 Å². The Labute approximate surface area is 163 Å². The van der Waals surface area contributed by atoms with Gasteiger partial charge in [0.05, 0.1) is 16.6 Å². The molecule has 26 heavy (non-hydrogen) atoms. The molecule has 0 saturated carbocycles. The number of halogens is 1. The van der Waals surface area contributed by atoms with Gasteiger partial charge in [0, 0.05) is 15.9 Å². The van der Waals surface area contributed by atoms with Gasteiger partial charge in [-0.15, -0.1) is 0 Å². The van der Waals surface area contributed by atoms with Crippen molar-refractivity contribution in [2.45, 2.75) is 24.1 Å². The van der Waals surface area contributed by atoms with E-state index >= 15 is 0 Å². The van der Waals surface area contributed by atoms with Crippen LogP contribution in [0, 0.1) is 6.92 Å². The first kappa shape index (κ1) is 18.6. The molecule has 4 nitrogen and oxygen atoms in total. The van der Waals surface area contributed by atoms with Gasteiger partial charge in [0.15, 0.2) is 5.76 Å². The monoisotopic (exact) mass is 431 g/mol. The van der Waals surface area contributed by atoms with Crippen molar-refractivity contribution in [2.24, 2.45) is 0 Å². The van der Waals surface area contributed by atoms with Crippen molar-refractivity contribution in [3.05, 3.63) is 87.8 Å². The third-order valence-corrected chi connectivity index (χ3v) is 5.68. The van der Waals surface area contributed by atoms with Gasteiger partial charge in [0.2, 0.25) is 0 Å². The van der Waals surface area contributed by atoms with E-state index < -0.39 is 10.8 Å². The van der Waals surface area contributed by atoms with Gasteiger partial charge in [-0.1, -0.05) is 45.8 Å². The molecule has 1 amide bonds. The molecule has 1 aromatic heterocycles. The van der Waals surface area contributed by atoms with E-state index in [0.29, 0.717) is 12.3 Å². The first-order chi connectivity index (χ1) is 12.5. The highest BCUT2D eigenvalue weighted by atomic mass is 79.9. The molecule has 1 N–H and O–H groups in total. The lowest BCUT2D eigenvalue weighted by atomic mass is 10.1. The van der Waals surface area contributed by atoms with Crippen LogP contribution in [0.4, 0.5) is 0 Å². The predicted octanol–water partition coefficient (Wildman–Crippen LogP) is 4.59. The minimum atomic E-state index is -1.22. The number of nitrogens with one attached hydrogen (secondary N) is 1. The van der Waals surface area contributed by atoms with Gasteiger partial charge in [0.25, 0.3) is 5.91 Å². The molecule has 0 aliphatic carbocycles. The van der Waals surface area contributed by atoms with Gasteiger partial charge in [-0.2, -0.15) is 0 Å². The number of benzene rings is 2. The van der Waals surface area contributed by atoms with Gasteiger partial charge < -0.3 is 9.73 Å². The average Bonchev–Trinajstić information content (AvgIpc) is 3.10. The number of hydrogen-bond acceptors (Lipinski definition) is 3. The lowest BCUT2D eigenvalue weighted by Gasteiger charge is -2.04. The highest BCUT2D eigenvalue weighted by Crippen LogP contribution is 2.18. The number of carbonyl (C=O) groups excluding carboxylic acids is 1. The Morgan fingerprint density at radius 1 is 1.04 bits per heavy atom. The van der Waals surface area contributed by atoms with Gasteiger partial charge in [-0.05, 0) is 48.9 Å². The molecular formula is C20H18BrNO3S. The summed E-state index contributed by atoms with van der Waals surface area (Å²) in [6.07, 6.45) is 0. The third-order valence-electron chi connectivity index (χ3n) is 3.81. The highest BCUT2D eigenvalue weighted by molar-refractivity contribution is 9.10. The van der Waals surface area contributed by atoms with Crippen LogP contribution in [-0.2, 0) is 23.1 Å². The molecule has 134 valence electrons. The molecular weight excluding hydrogens is 414 g/mol. The van der Waals surface area contributed by atoms with Crippen LogP contribution >= 0.6 is 15.9 Å². The largest absolute Gasteiger partial charge is 0.455 e. The molecule has 0 aliphatic rings. The summed E-state index contributed by atoms with van der Waals surface area (Å²) in [6.45, 7) is 2.45. The fraction of sp³-hybridized carbons (Fsp3) is 0.150. The molecule has 3 rings (SSSR count). The summed E-state index contributed by atoms with van der Waals surface area (Å²) < 4.78 is 18.9. The van der Waals surface area contributed by atoms with Crippen molar-refractivity contribution >= 4 is 32.6 Å². The summed E-state index contributed by atoms with van der Waals surface area (Å²) >= 11 is 3.35. The summed E-state index contributed by atoms with van der Waals surface area (Å²) in [5, 5.41) is 2.83. The van der Waals surface area contributed by atoms with Gasteiger partial charge in [-0.3, -0.25) is 9.00 Å². The van der Waals surface area contributed by atoms with Gasteiger partial charge in [0.1, 0.15) is 5.76 Å². The van der Waals surface area contributed by atoms with Crippen LogP contribution in [0.3, 0.4) is 0 Å². The Bertz CT molecular complexity index is 917. The SMILES string of the molecule is Cc1ccc(CNC(=O)c2ccc(C[S@@](=O)c3ccc(Br)cc3)o2)cc1. The Hall–Kier alpha value is -2.18. The molecule has 0 unspecified atom stereocenters. The summed E-state index contributed by atoms with van der Waals surface area (Å²) in [5.41, 5.74) is 2.20. The number of aryl methyl sites for hydroxylation is 1. The van der Waals surface area contributed by atoms with Gasteiger partial charge >= 0.3 is 0 Å². The number of amides is 1. The second kappa shape index (κ2) is 8.47. The fourth-order valence-electron chi connectivity index (χ4n) is 2.35. The Morgan fingerprint density at radius 3 is 2.42 bits per heavy atom. The zero-order chi connectivity index (χ0) is 18.5. The minimum absolute atomic E-state index is 0.222. The zero-order valence-electron chi connectivity index (χ0n) is 14.2. The number of carbonyl (C=O) groups is 1. The predicted molar refractivity (Wildman–Crippen MR) is 105 cm³/mol. The van der Waals surface area contributed by atoms with Crippen LogP contribution in [0.5, 0.6) is 0 Å². The molecule has 1 atom stereocenters. The van der Waals surface area contributed by atoms with E-state index in [1.807, 2.05) is 43.3 Å². The van der Waals surface area contributed by atoms with Crippen LogP contribution in [0.15, 0.2) is 74.4 Å². The molecule has 0 fully saturated rings.